The van der Waals surface area contributed by atoms with Crippen LogP contribution in [0.15, 0.2) is 42.6 Å². The van der Waals surface area contributed by atoms with Crippen molar-refractivity contribution >= 4 is 23.5 Å². The molecule has 41 heavy (non-hydrogen) atoms. The van der Waals surface area contributed by atoms with E-state index in [4.69, 9.17) is 25.8 Å². The third kappa shape index (κ3) is 5.97. The second-order valence-electron chi connectivity index (χ2n) is 11.1. The van der Waals surface area contributed by atoms with Crippen molar-refractivity contribution in [1.82, 2.24) is 20.2 Å². The summed E-state index contributed by atoms with van der Waals surface area (Å²) in [5, 5.41) is 18.0. The third-order valence-corrected chi connectivity index (χ3v) is 8.02. The molecule has 3 aromatic rings. The van der Waals surface area contributed by atoms with Crippen LogP contribution in [0.5, 0.6) is 11.5 Å². The van der Waals surface area contributed by atoms with E-state index in [0.717, 1.165) is 29.5 Å². The molecule has 1 fully saturated rings. The fourth-order valence-electron chi connectivity index (χ4n) is 5.51. The molecule has 11 heteroatoms. The van der Waals surface area contributed by atoms with Crippen molar-refractivity contribution in [3.05, 3.63) is 64.3 Å². The Balaban J connectivity index is 1.13. The molecular formula is C30H34ClN5O5. The van der Waals surface area contributed by atoms with Gasteiger partial charge in [0.25, 0.3) is 5.91 Å². The summed E-state index contributed by atoms with van der Waals surface area (Å²) < 4.78 is 16.8. The highest BCUT2D eigenvalue weighted by molar-refractivity contribution is 6.33. The van der Waals surface area contributed by atoms with E-state index in [9.17, 15) is 9.90 Å². The average molecular weight is 580 g/mol. The summed E-state index contributed by atoms with van der Waals surface area (Å²) in [6, 6.07) is 11.7. The van der Waals surface area contributed by atoms with Crippen molar-refractivity contribution in [3.8, 4) is 22.8 Å². The van der Waals surface area contributed by atoms with Crippen molar-refractivity contribution in [2.45, 2.75) is 51.0 Å². The van der Waals surface area contributed by atoms with Gasteiger partial charge < -0.3 is 29.5 Å². The molecule has 216 valence electrons. The van der Waals surface area contributed by atoms with E-state index in [1.54, 1.807) is 11.1 Å². The number of carbonyl (C=O) groups excluding carboxylic acids is 1. The first-order valence-electron chi connectivity index (χ1n) is 13.9. The van der Waals surface area contributed by atoms with Gasteiger partial charge in [-0.25, -0.2) is 9.97 Å². The Bertz CT molecular complexity index is 1440. The normalized spacial score (nSPS) is 17.9. The smallest absolute Gasteiger partial charge is 0.254 e. The number of anilines is 1. The van der Waals surface area contributed by atoms with Gasteiger partial charge in [0, 0.05) is 42.5 Å². The summed E-state index contributed by atoms with van der Waals surface area (Å²) in [6.07, 6.45) is 2.40. The molecule has 4 heterocycles. The summed E-state index contributed by atoms with van der Waals surface area (Å²) in [5.41, 5.74) is 3.12. The summed E-state index contributed by atoms with van der Waals surface area (Å²) in [5.74, 6) is 1.76. The first-order valence-corrected chi connectivity index (χ1v) is 14.3. The lowest BCUT2D eigenvalue weighted by atomic mass is 9.93. The Morgan fingerprint density at radius 1 is 1.10 bits per heavy atom. The van der Waals surface area contributed by atoms with Gasteiger partial charge in [0.1, 0.15) is 19.4 Å². The number of ether oxygens (including phenoxy) is 3. The van der Waals surface area contributed by atoms with E-state index in [-0.39, 0.29) is 18.5 Å². The highest BCUT2D eigenvalue weighted by Gasteiger charge is 2.32. The minimum atomic E-state index is -0.953. The van der Waals surface area contributed by atoms with Crippen LogP contribution in [0.3, 0.4) is 0 Å². The van der Waals surface area contributed by atoms with Crippen LogP contribution in [-0.2, 0) is 16.8 Å². The Morgan fingerprint density at radius 3 is 2.68 bits per heavy atom. The van der Waals surface area contributed by atoms with Crippen LogP contribution in [0.2, 0.25) is 5.02 Å². The molecule has 6 rings (SSSR count). The lowest BCUT2D eigenvalue weighted by molar-refractivity contribution is 0.0465. The van der Waals surface area contributed by atoms with Crippen molar-refractivity contribution < 1.29 is 24.1 Å². The monoisotopic (exact) mass is 579 g/mol. The number of aliphatic hydroxyl groups excluding tert-OH is 1. The zero-order chi connectivity index (χ0) is 28.6. The predicted octanol–water partition coefficient (Wildman–Crippen LogP) is 3.96. The fraction of sp³-hybridized carbons (Fsp3) is 0.433. The Kier molecular flexibility index (Phi) is 7.74. The largest absolute Gasteiger partial charge is 0.486 e. The third-order valence-electron chi connectivity index (χ3n) is 7.75. The maximum atomic E-state index is 13.4. The summed E-state index contributed by atoms with van der Waals surface area (Å²) in [6.45, 7) is 6.95. The predicted molar refractivity (Wildman–Crippen MR) is 154 cm³/mol. The zero-order valence-electron chi connectivity index (χ0n) is 23.2. The first-order chi connectivity index (χ1) is 19.8. The molecule has 1 atom stereocenters. The highest BCUT2D eigenvalue weighted by atomic mass is 35.5. The second kappa shape index (κ2) is 11.4. The molecule has 3 N–H and O–H groups in total. The quantitative estimate of drug-likeness (QED) is 0.341. The van der Waals surface area contributed by atoms with E-state index in [1.165, 1.54) is 0 Å². The minimum absolute atomic E-state index is 0.129. The van der Waals surface area contributed by atoms with Crippen LogP contribution in [0.4, 0.5) is 5.95 Å². The van der Waals surface area contributed by atoms with Crippen LogP contribution in [0, 0.1) is 0 Å². The minimum Gasteiger partial charge on any atom is -0.486 e. The molecule has 2 aromatic carbocycles. The maximum Gasteiger partial charge on any atom is 0.254 e. The van der Waals surface area contributed by atoms with Gasteiger partial charge in [0.05, 0.1) is 23.5 Å². The number of hydrogen-bond donors (Lipinski definition) is 3. The Morgan fingerprint density at radius 2 is 1.88 bits per heavy atom. The van der Waals surface area contributed by atoms with Gasteiger partial charge in [0.15, 0.2) is 11.5 Å². The van der Waals surface area contributed by atoms with Gasteiger partial charge in [-0.05, 0) is 56.0 Å². The number of nitrogens with zero attached hydrogens (tertiary/aromatic N) is 3. The summed E-state index contributed by atoms with van der Waals surface area (Å²) in [7, 11) is 0. The second-order valence-corrected chi connectivity index (χ2v) is 11.5. The van der Waals surface area contributed by atoms with Gasteiger partial charge in [-0.2, -0.15) is 0 Å². The number of fused-ring (bicyclic) bond motifs is 2. The number of β-amino-alcohol motifs (C(OH)–C–C–N with tert-alkyl or cyclic N) is 1. The van der Waals surface area contributed by atoms with Crippen LogP contribution < -0.4 is 20.1 Å². The molecule has 0 spiro atoms. The highest BCUT2D eigenvalue weighted by Crippen LogP contribution is 2.35. The number of nitrogens with one attached hydrogen (secondary N) is 2. The van der Waals surface area contributed by atoms with Gasteiger partial charge in [-0.1, -0.05) is 29.8 Å². The molecule has 0 bridgehead atoms. The molecule has 1 unspecified atom stereocenters. The molecule has 3 aliphatic rings. The number of halogens is 1. The molecule has 3 aliphatic heterocycles. The molecule has 0 aliphatic carbocycles. The standard InChI is InChI=1S/C30H34ClN5O5/c1-30(2,20-5-6-24-25(14-20)41-12-11-40-24)35-26(37)17-36-16-19-4-3-18(13-22(19)28(36)38)27-23(31)15-32-29(34-27)33-21-7-9-39-10-8-21/h3-6,13-15,21,26,35,37H,7-12,16-17H2,1-2H3,(H,32,33,34). The first kappa shape index (κ1) is 27.7. The molecule has 1 amide bonds. The Hall–Kier alpha value is -3.44. The van der Waals surface area contributed by atoms with Crippen LogP contribution in [0.1, 0.15) is 48.2 Å². The number of benzene rings is 2. The van der Waals surface area contributed by atoms with Crippen LogP contribution >= 0.6 is 11.6 Å². The topological polar surface area (TPSA) is 118 Å². The van der Waals surface area contributed by atoms with Crippen molar-refractivity contribution in [1.29, 1.82) is 0 Å². The molecule has 0 radical (unpaired) electrons. The summed E-state index contributed by atoms with van der Waals surface area (Å²) >= 11 is 6.49. The molecule has 10 nitrogen and oxygen atoms in total. The maximum absolute atomic E-state index is 13.4. The number of amides is 1. The van der Waals surface area contributed by atoms with Crippen LogP contribution in [-0.4, -0.2) is 71.1 Å². The fourth-order valence-corrected chi connectivity index (χ4v) is 5.71. The molecule has 1 saturated heterocycles. The summed E-state index contributed by atoms with van der Waals surface area (Å²) in [4.78, 5) is 24.0. The van der Waals surface area contributed by atoms with Gasteiger partial charge in [-0.3, -0.25) is 10.1 Å². The lowest BCUT2D eigenvalue weighted by Gasteiger charge is -2.32. The van der Waals surface area contributed by atoms with E-state index in [0.29, 0.717) is 66.7 Å². The number of aromatic nitrogens is 2. The van der Waals surface area contributed by atoms with Crippen molar-refractivity contribution in [2.75, 3.05) is 38.3 Å². The van der Waals surface area contributed by atoms with Gasteiger partial charge in [-0.15, -0.1) is 0 Å². The van der Waals surface area contributed by atoms with Crippen molar-refractivity contribution in [3.63, 3.8) is 0 Å². The van der Waals surface area contributed by atoms with Crippen LogP contribution in [0.25, 0.3) is 11.3 Å². The molecule has 1 aromatic heterocycles. The number of hydrogen-bond acceptors (Lipinski definition) is 9. The molecule has 0 saturated carbocycles. The van der Waals surface area contributed by atoms with E-state index in [1.807, 2.05) is 50.2 Å². The van der Waals surface area contributed by atoms with E-state index in [2.05, 4.69) is 20.6 Å². The number of aliphatic hydroxyl groups is 1. The number of rotatable bonds is 8. The SMILES string of the molecule is CC(C)(NC(O)CN1Cc2ccc(-c3nc(NC4CCOCC4)ncc3Cl)cc2C1=O)c1ccc2c(c1)OCCO2. The van der Waals surface area contributed by atoms with E-state index >= 15 is 0 Å². The Labute approximate surface area is 244 Å². The average Bonchev–Trinajstić information content (AvgIpc) is 3.28. The van der Waals surface area contributed by atoms with E-state index < -0.39 is 11.8 Å². The lowest BCUT2D eigenvalue weighted by Crippen LogP contribution is -2.49. The van der Waals surface area contributed by atoms with Gasteiger partial charge in [0.2, 0.25) is 5.95 Å². The van der Waals surface area contributed by atoms with Crippen molar-refractivity contribution in [2.24, 2.45) is 0 Å². The zero-order valence-corrected chi connectivity index (χ0v) is 23.9. The molecular weight excluding hydrogens is 546 g/mol. The number of carbonyl (C=O) groups is 1. The van der Waals surface area contributed by atoms with Gasteiger partial charge >= 0.3 is 0 Å².